The molecule has 0 amide bonds. The molecule has 3 heteroatoms. The molecule has 0 aliphatic heterocycles. The van der Waals surface area contributed by atoms with Gasteiger partial charge in [-0.1, -0.05) is 0 Å². The molecule has 1 heterocycles. The summed E-state index contributed by atoms with van der Waals surface area (Å²) in [5, 5.41) is 0. The minimum absolute atomic E-state index is 1.03. The second-order valence-electron chi connectivity index (χ2n) is 1.35. The van der Waals surface area contributed by atoms with Crippen molar-refractivity contribution in [1.82, 2.24) is 4.98 Å². The molecule has 0 spiro atoms. The van der Waals surface area contributed by atoms with Gasteiger partial charge in [0.1, 0.15) is 0 Å². The first-order valence-corrected chi connectivity index (χ1v) is 4.01. The van der Waals surface area contributed by atoms with E-state index in [0.717, 1.165) is 4.59 Å². The van der Waals surface area contributed by atoms with Crippen molar-refractivity contribution in [2.75, 3.05) is 0 Å². The third kappa shape index (κ3) is 1.33. The monoisotopic (exact) mass is 239 g/mol. The molecule has 42 valence electrons. The van der Waals surface area contributed by atoms with E-state index in [9.17, 15) is 0 Å². The first-order chi connectivity index (χ1) is 3.80. The minimum atomic E-state index is 1.03. The van der Waals surface area contributed by atoms with Gasteiger partial charge < -0.3 is 0 Å². The summed E-state index contributed by atoms with van der Waals surface area (Å²) in [7, 11) is 0. The predicted octanol–water partition coefficient (Wildman–Crippen LogP) is -1.87. The Kier molecular flexibility index (Phi) is 2.09. The third-order valence-electron chi connectivity index (χ3n) is 0.766. The van der Waals surface area contributed by atoms with E-state index in [1.54, 1.807) is 6.20 Å². The molecule has 0 aliphatic rings. The Bertz CT molecular complexity index is 167. The topological polar surface area (TPSA) is 12.9 Å². The first kappa shape index (κ1) is 6.31. The molecule has 1 rings (SSSR count). The Morgan fingerprint density at radius 2 is 2.12 bits per heavy atom. The Morgan fingerprint density at radius 1 is 1.38 bits per heavy atom. The molecular formula is C5H5NSe2. The molecule has 0 unspecified atom stereocenters. The van der Waals surface area contributed by atoms with Crippen LogP contribution in [0.2, 0.25) is 0 Å². The zero-order chi connectivity index (χ0) is 5.98. The molecule has 1 aromatic heterocycles. The van der Waals surface area contributed by atoms with E-state index in [1.165, 1.54) is 4.46 Å². The summed E-state index contributed by atoms with van der Waals surface area (Å²) in [4.78, 5) is 4.04. The summed E-state index contributed by atoms with van der Waals surface area (Å²) in [6.07, 6.45) is 1.78. The van der Waals surface area contributed by atoms with E-state index >= 15 is 0 Å². The second-order valence-corrected chi connectivity index (χ2v) is 3.25. The molecule has 0 fully saturated rings. The first-order valence-electron chi connectivity index (χ1n) is 2.13. The molecule has 1 aromatic rings. The van der Waals surface area contributed by atoms with Crippen molar-refractivity contribution in [3.05, 3.63) is 18.3 Å². The quantitative estimate of drug-likeness (QED) is 0.482. The van der Waals surface area contributed by atoms with E-state index in [0.29, 0.717) is 0 Å². The zero-order valence-corrected chi connectivity index (χ0v) is 7.83. The molecular weight excluding hydrogens is 232 g/mol. The second kappa shape index (κ2) is 2.65. The van der Waals surface area contributed by atoms with Crippen LogP contribution in [-0.4, -0.2) is 37.0 Å². The number of pyridine rings is 1. The van der Waals surface area contributed by atoms with Gasteiger partial charge in [0.2, 0.25) is 0 Å². The Morgan fingerprint density at radius 3 is 2.50 bits per heavy atom. The van der Waals surface area contributed by atoms with Gasteiger partial charge in [0.25, 0.3) is 0 Å². The summed E-state index contributed by atoms with van der Waals surface area (Å²) in [6.45, 7) is 0. The van der Waals surface area contributed by atoms with Crippen molar-refractivity contribution in [2.24, 2.45) is 0 Å². The van der Waals surface area contributed by atoms with Crippen molar-refractivity contribution >= 4 is 41.1 Å². The molecule has 0 radical (unpaired) electrons. The maximum atomic E-state index is 4.04. The van der Waals surface area contributed by atoms with Crippen molar-refractivity contribution in [1.29, 1.82) is 0 Å². The molecule has 1 nitrogen and oxygen atoms in total. The van der Waals surface area contributed by atoms with Gasteiger partial charge >= 0.3 is 64.4 Å². The molecule has 0 bridgehead atoms. The number of hydrogen-bond acceptors (Lipinski definition) is 1. The summed E-state index contributed by atoms with van der Waals surface area (Å²) < 4.78 is 2.19. The van der Waals surface area contributed by atoms with E-state index in [4.69, 9.17) is 0 Å². The SMILES string of the molecule is [SeH]c1cccnc1[SeH]. The van der Waals surface area contributed by atoms with E-state index < -0.39 is 0 Å². The molecule has 8 heavy (non-hydrogen) atoms. The fraction of sp³-hybridized carbons (Fsp3) is 0. The van der Waals surface area contributed by atoms with Crippen molar-refractivity contribution in [2.45, 2.75) is 0 Å². The molecule has 0 N–H and O–H groups in total. The van der Waals surface area contributed by atoms with E-state index in [-0.39, 0.29) is 0 Å². The summed E-state index contributed by atoms with van der Waals surface area (Å²) >= 11 is 4.89. The summed E-state index contributed by atoms with van der Waals surface area (Å²) in [5.74, 6) is 0. The van der Waals surface area contributed by atoms with Crippen LogP contribution in [0.1, 0.15) is 0 Å². The maximum absolute atomic E-state index is 4.04. The predicted molar refractivity (Wildman–Crippen MR) is 37.8 cm³/mol. The van der Waals surface area contributed by atoms with Gasteiger partial charge in [-0.3, -0.25) is 0 Å². The van der Waals surface area contributed by atoms with Gasteiger partial charge in [0.15, 0.2) is 0 Å². The van der Waals surface area contributed by atoms with Crippen LogP contribution in [0.15, 0.2) is 18.3 Å². The van der Waals surface area contributed by atoms with Crippen LogP contribution in [0, 0.1) is 0 Å². The molecule has 0 atom stereocenters. The Labute approximate surface area is 64.5 Å². The molecule has 0 aromatic carbocycles. The number of rotatable bonds is 0. The number of hydrogen-bond donors (Lipinski definition) is 0. The summed E-state index contributed by atoms with van der Waals surface area (Å²) in [5.41, 5.74) is 0. The van der Waals surface area contributed by atoms with Crippen LogP contribution in [0.25, 0.3) is 0 Å². The Balaban J connectivity index is 3.13. The fourth-order valence-corrected chi connectivity index (χ4v) is 0.986. The van der Waals surface area contributed by atoms with Crippen LogP contribution in [0.5, 0.6) is 0 Å². The van der Waals surface area contributed by atoms with Crippen molar-refractivity contribution in [3.8, 4) is 0 Å². The van der Waals surface area contributed by atoms with Gasteiger partial charge in [-0.05, 0) is 0 Å². The van der Waals surface area contributed by atoms with Gasteiger partial charge in [-0.25, -0.2) is 0 Å². The fourth-order valence-electron chi connectivity index (χ4n) is 0.388. The van der Waals surface area contributed by atoms with E-state index in [1.807, 2.05) is 12.1 Å². The van der Waals surface area contributed by atoms with Crippen LogP contribution >= 0.6 is 0 Å². The summed E-state index contributed by atoms with van der Waals surface area (Å²) in [6, 6.07) is 3.94. The molecule has 0 aliphatic carbocycles. The van der Waals surface area contributed by atoms with Crippen molar-refractivity contribution in [3.63, 3.8) is 0 Å². The van der Waals surface area contributed by atoms with Gasteiger partial charge in [0.05, 0.1) is 0 Å². The number of nitrogens with zero attached hydrogens (tertiary/aromatic N) is 1. The standard InChI is InChI=1S/C5H5NSe2/c7-4-2-1-3-6-5(4)8/h1-3,7H,(H,6,8). The molecule has 0 saturated heterocycles. The van der Waals surface area contributed by atoms with Crippen LogP contribution in [0.3, 0.4) is 0 Å². The van der Waals surface area contributed by atoms with Crippen LogP contribution in [-0.2, 0) is 0 Å². The van der Waals surface area contributed by atoms with E-state index in [2.05, 4.69) is 37.0 Å². The average Bonchev–Trinajstić information content (AvgIpc) is 1.77. The van der Waals surface area contributed by atoms with Gasteiger partial charge in [0, 0.05) is 0 Å². The number of aromatic nitrogens is 1. The third-order valence-corrected chi connectivity index (χ3v) is 3.10. The normalized spacial score (nSPS) is 9.25. The average molecular weight is 237 g/mol. The molecule has 0 saturated carbocycles. The van der Waals surface area contributed by atoms with Gasteiger partial charge in [-0.2, -0.15) is 0 Å². The van der Waals surface area contributed by atoms with Crippen molar-refractivity contribution < 1.29 is 0 Å². The van der Waals surface area contributed by atoms with Gasteiger partial charge in [-0.15, -0.1) is 0 Å². The van der Waals surface area contributed by atoms with Crippen LogP contribution < -0.4 is 9.05 Å². The Hall–Kier alpha value is 0.189. The zero-order valence-electron chi connectivity index (χ0n) is 4.07. The van der Waals surface area contributed by atoms with Crippen LogP contribution in [0.4, 0.5) is 0 Å².